The number of carbonyl (C=O) groups is 2. The molecule has 6 heteroatoms. The normalized spacial score (nSPS) is 12.8. The van der Waals surface area contributed by atoms with Crippen molar-refractivity contribution in [3.05, 3.63) is 36.5 Å². The first-order valence-electron chi connectivity index (χ1n) is 32.2. The van der Waals surface area contributed by atoms with Gasteiger partial charge < -0.3 is 20.3 Å². The van der Waals surface area contributed by atoms with Crippen LogP contribution in [0.15, 0.2) is 36.5 Å². The molecule has 3 N–H and O–H groups in total. The number of amides is 1. The van der Waals surface area contributed by atoms with E-state index in [1.807, 2.05) is 0 Å². The van der Waals surface area contributed by atoms with E-state index in [0.29, 0.717) is 25.9 Å². The monoisotopic (exact) mass is 1010 g/mol. The summed E-state index contributed by atoms with van der Waals surface area (Å²) in [6.07, 6.45) is 77.3. The molecule has 0 saturated heterocycles. The second-order valence-corrected chi connectivity index (χ2v) is 22.1. The van der Waals surface area contributed by atoms with Gasteiger partial charge in [0.15, 0.2) is 0 Å². The van der Waals surface area contributed by atoms with E-state index in [4.69, 9.17) is 4.74 Å². The van der Waals surface area contributed by atoms with Crippen molar-refractivity contribution in [1.82, 2.24) is 5.32 Å². The number of ether oxygens (including phenoxy) is 1. The molecule has 1 amide bonds. The van der Waals surface area contributed by atoms with Gasteiger partial charge in [-0.1, -0.05) is 294 Å². The summed E-state index contributed by atoms with van der Waals surface area (Å²) in [6, 6.07) is -0.547. The minimum atomic E-state index is -0.669. The third kappa shape index (κ3) is 57.4. The van der Waals surface area contributed by atoms with Gasteiger partial charge in [0.1, 0.15) is 0 Å². The van der Waals surface area contributed by atoms with Gasteiger partial charge in [0, 0.05) is 12.8 Å². The van der Waals surface area contributed by atoms with Gasteiger partial charge in [-0.15, -0.1) is 0 Å². The van der Waals surface area contributed by atoms with E-state index in [1.54, 1.807) is 0 Å². The van der Waals surface area contributed by atoms with Gasteiger partial charge in [0.25, 0.3) is 0 Å². The first kappa shape index (κ1) is 70.1. The summed E-state index contributed by atoms with van der Waals surface area (Å²) in [6.45, 7) is 4.92. The Bertz CT molecular complexity index is 1170. The van der Waals surface area contributed by atoms with Crippen molar-refractivity contribution >= 4 is 11.9 Å². The molecule has 0 aromatic rings. The molecular weight excluding hydrogens is 887 g/mol. The summed E-state index contributed by atoms with van der Waals surface area (Å²) >= 11 is 0. The molecule has 424 valence electrons. The Kier molecular flexibility index (Phi) is 60.0. The van der Waals surface area contributed by atoms with Crippen molar-refractivity contribution in [2.24, 2.45) is 0 Å². The molecule has 2 atom stereocenters. The Hall–Kier alpha value is -1.92. The molecule has 0 rings (SSSR count). The highest BCUT2D eigenvalue weighted by Gasteiger charge is 2.20. The van der Waals surface area contributed by atoms with E-state index in [2.05, 4.69) is 55.6 Å². The molecule has 0 aromatic carbocycles. The average Bonchev–Trinajstić information content (AvgIpc) is 3.38. The quantitative estimate of drug-likeness (QED) is 0.0320. The molecule has 2 unspecified atom stereocenters. The first-order valence-corrected chi connectivity index (χ1v) is 32.2. The molecule has 0 aliphatic rings. The molecule has 6 nitrogen and oxygen atoms in total. The minimum absolute atomic E-state index is 0.00292. The van der Waals surface area contributed by atoms with Gasteiger partial charge in [0.05, 0.1) is 25.4 Å². The van der Waals surface area contributed by atoms with E-state index in [0.717, 1.165) is 51.4 Å². The van der Waals surface area contributed by atoms with Crippen LogP contribution in [0.1, 0.15) is 348 Å². The standard InChI is InChI=1S/C66H125NO5/c1-3-5-7-9-11-13-15-17-19-20-28-31-34-38-42-46-50-54-58-64(69)63(62-68)67-65(70)59-55-51-47-43-39-35-32-29-26-24-22-21-23-25-27-30-33-37-41-45-49-53-57-61-72-66(71)60-56-52-48-44-40-36-18-16-14-12-10-8-6-4-2/h10,12,16,18,24,26,63-64,68-69H,3-9,11,13-15,17,19-23,25,27-62H2,1-2H3,(H,67,70)/b12-10-,18-16-,26-24-. The number of aliphatic hydroxyl groups excluding tert-OH is 2. The largest absolute Gasteiger partial charge is 0.466 e. The number of aliphatic hydroxyl groups is 2. The van der Waals surface area contributed by atoms with Crippen LogP contribution in [0.2, 0.25) is 0 Å². The summed E-state index contributed by atoms with van der Waals surface area (Å²) in [7, 11) is 0. The third-order valence-electron chi connectivity index (χ3n) is 14.9. The van der Waals surface area contributed by atoms with Crippen molar-refractivity contribution in [3.8, 4) is 0 Å². The highest BCUT2D eigenvalue weighted by molar-refractivity contribution is 5.76. The fraction of sp³-hybridized carbons (Fsp3) is 0.879. The Balaban J connectivity index is 3.42. The summed E-state index contributed by atoms with van der Waals surface area (Å²) < 4.78 is 5.47. The minimum Gasteiger partial charge on any atom is -0.466 e. The van der Waals surface area contributed by atoms with Crippen molar-refractivity contribution in [2.45, 2.75) is 360 Å². The second kappa shape index (κ2) is 61.6. The van der Waals surface area contributed by atoms with Gasteiger partial charge in [0.2, 0.25) is 5.91 Å². The van der Waals surface area contributed by atoms with Gasteiger partial charge in [-0.05, 0) is 77.0 Å². The number of hydrogen-bond donors (Lipinski definition) is 3. The van der Waals surface area contributed by atoms with Crippen LogP contribution in [0.4, 0.5) is 0 Å². The lowest BCUT2D eigenvalue weighted by Gasteiger charge is -2.22. The van der Waals surface area contributed by atoms with Crippen LogP contribution in [0.3, 0.4) is 0 Å². The molecule has 0 heterocycles. The Morgan fingerprint density at radius 1 is 0.389 bits per heavy atom. The Labute approximate surface area is 449 Å². The fourth-order valence-electron chi connectivity index (χ4n) is 9.95. The van der Waals surface area contributed by atoms with E-state index in [1.165, 1.54) is 263 Å². The molecule has 0 aromatic heterocycles. The van der Waals surface area contributed by atoms with Gasteiger partial charge in [-0.25, -0.2) is 0 Å². The molecule has 0 radical (unpaired) electrons. The topological polar surface area (TPSA) is 95.9 Å². The molecule has 0 fully saturated rings. The zero-order chi connectivity index (χ0) is 52.2. The van der Waals surface area contributed by atoms with Crippen molar-refractivity contribution in [3.63, 3.8) is 0 Å². The second-order valence-electron chi connectivity index (χ2n) is 22.1. The van der Waals surface area contributed by atoms with Crippen LogP contribution in [0, 0.1) is 0 Å². The van der Waals surface area contributed by atoms with Crippen LogP contribution in [-0.4, -0.2) is 47.4 Å². The van der Waals surface area contributed by atoms with Crippen LogP contribution >= 0.6 is 0 Å². The van der Waals surface area contributed by atoms with Crippen molar-refractivity contribution < 1.29 is 24.5 Å². The molecular formula is C66H125NO5. The number of hydrogen-bond acceptors (Lipinski definition) is 5. The number of rotatable bonds is 60. The maximum absolute atomic E-state index is 12.5. The third-order valence-corrected chi connectivity index (χ3v) is 14.9. The maximum Gasteiger partial charge on any atom is 0.305 e. The average molecular weight is 1010 g/mol. The Morgan fingerprint density at radius 2 is 0.708 bits per heavy atom. The number of unbranched alkanes of at least 4 members (excludes halogenated alkanes) is 43. The zero-order valence-corrected chi connectivity index (χ0v) is 48.4. The van der Waals surface area contributed by atoms with E-state index >= 15 is 0 Å². The predicted octanol–water partition coefficient (Wildman–Crippen LogP) is 20.4. The summed E-state index contributed by atoms with van der Waals surface area (Å²) in [4.78, 5) is 24.6. The molecule has 0 saturated carbocycles. The summed E-state index contributed by atoms with van der Waals surface area (Å²) in [5.74, 6) is -0.0419. The van der Waals surface area contributed by atoms with E-state index in [-0.39, 0.29) is 18.5 Å². The molecule has 0 spiro atoms. The van der Waals surface area contributed by atoms with Crippen molar-refractivity contribution in [2.75, 3.05) is 13.2 Å². The van der Waals surface area contributed by atoms with Gasteiger partial charge in [-0.3, -0.25) is 9.59 Å². The molecule has 0 aliphatic heterocycles. The highest BCUT2D eigenvalue weighted by atomic mass is 16.5. The fourth-order valence-corrected chi connectivity index (χ4v) is 9.95. The van der Waals surface area contributed by atoms with Crippen LogP contribution in [-0.2, 0) is 14.3 Å². The van der Waals surface area contributed by atoms with E-state index < -0.39 is 12.1 Å². The molecule has 0 bridgehead atoms. The van der Waals surface area contributed by atoms with Crippen LogP contribution < -0.4 is 5.32 Å². The Morgan fingerprint density at radius 3 is 1.11 bits per heavy atom. The van der Waals surface area contributed by atoms with Crippen LogP contribution in [0.5, 0.6) is 0 Å². The number of carbonyl (C=O) groups excluding carboxylic acids is 2. The lowest BCUT2D eigenvalue weighted by molar-refractivity contribution is -0.143. The van der Waals surface area contributed by atoms with E-state index in [9.17, 15) is 19.8 Å². The first-order chi connectivity index (χ1) is 35.5. The SMILES string of the molecule is CCCC/C=C\C/C=C\CCCCCCCC(=O)OCCCCCCCCCCCCCC/C=C\CCCCCCCCCC(=O)NC(CO)C(O)CCCCCCCCCCCCCCCCCCCC. The predicted molar refractivity (Wildman–Crippen MR) is 315 cm³/mol. The molecule has 0 aliphatic carbocycles. The highest BCUT2D eigenvalue weighted by Crippen LogP contribution is 2.18. The maximum atomic E-state index is 12.5. The number of nitrogens with one attached hydrogen (secondary N) is 1. The molecule has 72 heavy (non-hydrogen) atoms. The summed E-state index contributed by atoms with van der Waals surface area (Å²) in [5.41, 5.74) is 0. The smallest absolute Gasteiger partial charge is 0.305 e. The van der Waals surface area contributed by atoms with Crippen molar-refractivity contribution in [1.29, 1.82) is 0 Å². The van der Waals surface area contributed by atoms with Gasteiger partial charge in [-0.2, -0.15) is 0 Å². The number of esters is 1. The zero-order valence-electron chi connectivity index (χ0n) is 48.4. The number of allylic oxidation sites excluding steroid dienone is 6. The lowest BCUT2D eigenvalue weighted by atomic mass is 10.0. The lowest BCUT2D eigenvalue weighted by Crippen LogP contribution is -2.45. The van der Waals surface area contributed by atoms with Crippen LogP contribution in [0.25, 0.3) is 0 Å². The van der Waals surface area contributed by atoms with Gasteiger partial charge >= 0.3 is 5.97 Å². The summed E-state index contributed by atoms with van der Waals surface area (Å²) in [5, 5.41) is 23.3.